The van der Waals surface area contributed by atoms with Crippen molar-refractivity contribution < 1.29 is 28.5 Å². The van der Waals surface area contributed by atoms with Gasteiger partial charge >= 0.3 is 0 Å². The standard InChI is InChI=1S/C14H22N2O6/c1-8(17)15-16-11-10-9(20-13(4,5)21-10)6-18-14(11)7-19-12(2,3)22-14/h9-10H,6-7H2,1-5H3,(H,15,17)/b16-11-/t9-,10-,14+/m1/s1. The third kappa shape index (κ3) is 2.77. The first-order valence-electron chi connectivity index (χ1n) is 7.31. The number of nitrogens with zero attached hydrogens (tertiary/aromatic N) is 1. The highest BCUT2D eigenvalue weighted by molar-refractivity contribution is 5.97. The third-order valence-corrected chi connectivity index (χ3v) is 3.68. The van der Waals surface area contributed by atoms with Crippen LogP contribution in [0.25, 0.3) is 0 Å². The fourth-order valence-corrected chi connectivity index (χ4v) is 2.91. The second-order valence-corrected chi connectivity index (χ2v) is 6.61. The number of fused-ring (bicyclic) bond motifs is 1. The van der Waals surface area contributed by atoms with Crippen LogP contribution >= 0.6 is 0 Å². The highest BCUT2D eigenvalue weighted by atomic mass is 16.8. The summed E-state index contributed by atoms with van der Waals surface area (Å²) in [5.74, 6) is -3.02. The van der Waals surface area contributed by atoms with Crippen LogP contribution in [-0.4, -0.2) is 54.4 Å². The molecule has 0 saturated carbocycles. The fourth-order valence-electron chi connectivity index (χ4n) is 2.91. The van der Waals surface area contributed by atoms with Gasteiger partial charge in [0.15, 0.2) is 11.6 Å². The summed E-state index contributed by atoms with van der Waals surface area (Å²) in [6.45, 7) is 9.09. The number of hydrogen-bond donors (Lipinski definition) is 1. The van der Waals surface area contributed by atoms with Gasteiger partial charge < -0.3 is 23.7 Å². The Kier molecular flexibility index (Phi) is 3.57. The van der Waals surface area contributed by atoms with Crippen LogP contribution in [0.15, 0.2) is 5.10 Å². The molecule has 3 saturated heterocycles. The molecule has 124 valence electrons. The molecule has 3 aliphatic rings. The highest BCUT2D eigenvalue weighted by Gasteiger charge is 2.61. The average molecular weight is 314 g/mol. The van der Waals surface area contributed by atoms with E-state index in [0.717, 1.165) is 0 Å². The van der Waals surface area contributed by atoms with Crippen LogP contribution < -0.4 is 5.43 Å². The Hall–Kier alpha value is -1.06. The largest absolute Gasteiger partial charge is 0.344 e. The van der Waals surface area contributed by atoms with Gasteiger partial charge in [0.1, 0.15) is 24.5 Å². The van der Waals surface area contributed by atoms with Crippen molar-refractivity contribution in [3.63, 3.8) is 0 Å². The number of hydrazone groups is 1. The topological polar surface area (TPSA) is 87.6 Å². The lowest BCUT2D eigenvalue weighted by atomic mass is 9.98. The molecule has 3 aliphatic heterocycles. The first-order chi connectivity index (χ1) is 10.1. The monoisotopic (exact) mass is 314 g/mol. The van der Waals surface area contributed by atoms with E-state index in [1.807, 2.05) is 13.8 Å². The Morgan fingerprint density at radius 2 is 1.91 bits per heavy atom. The zero-order valence-electron chi connectivity index (χ0n) is 13.5. The van der Waals surface area contributed by atoms with Crippen molar-refractivity contribution in [3.05, 3.63) is 0 Å². The minimum absolute atomic E-state index is 0.172. The zero-order chi connectivity index (χ0) is 16.2. The molecule has 1 amide bonds. The molecule has 3 heterocycles. The van der Waals surface area contributed by atoms with E-state index in [1.165, 1.54) is 6.92 Å². The van der Waals surface area contributed by atoms with E-state index in [-0.39, 0.29) is 18.6 Å². The summed E-state index contributed by atoms with van der Waals surface area (Å²) < 4.78 is 29.2. The van der Waals surface area contributed by atoms with E-state index in [1.54, 1.807) is 13.8 Å². The van der Waals surface area contributed by atoms with Crippen molar-refractivity contribution in [1.82, 2.24) is 5.43 Å². The molecule has 0 aromatic carbocycles. The van der Waals surface area contributed by atoms with Gasteiger partial charge in [-0.05, 0) is 27.7 Å². The predicted molar refractivity (Wildman–Crippen MR) is 74.9 cm³/mol. The minimum Gasteiger partial charge on any atom is -0.344 e. The summed E-state index contributed by atoms with van der Waals surface area (Å²) in [4.78, 5) is 11.2. The molecular formula is C14H22N2O6. The summed E-state index contributed by atoms with van der Waals surface area (Å²) in [5.41, 5.74) is 2.86. The van der Waals surface area contributed by atoms with Gasteiger partial charge in [0.2, 0.25) is 11.7 Å². The third-order valence-electron chi connectivity index (χ3n) is 3.68. The lowest BCUT2D eigenvalue weighted by Gasteiger charge is -2.38. The van der Waals surface area contributed by atoms with Crippen LogP contribution in [0.1, 0.15) is 34.6 Å². The molecule has 22 heavy (non-hydrogen) atoms. The molecule has 8 heteroatoms. The van der Waals surface area contributed by atoms with Gasteiger partial charge in [-0.15, -0.1) is 0 Å². The molecule has 3 fully saturated rings. The fraction of sp³-hybridized carbons (Fsp3) is 0.857. The van der Waals surface area contributed by atoms with E-state index >= 15 is 0 Å². The molecule has 0 radical (unpaired) electrons. The van der Waals surface area contributed by atoms with Gasteiger partial charge in [-0.2, -0.15) is 5.10 Å². The molecular weight excluding hydrogens is 292 g/mol. The Morgan fingerprint density at radius 3 is 2.50 bits per heavy atom. The van der Waals surface area contributed by atoms with Gasteiger partial charge in [0, 0.05) is 6.92 Å². The second kappa shape index (κ2) is 4.97. The number of rotatable bonds is 1. The summed E-state index contributed by atoms with van der Waals surface area (Å²) >= 11 is 0. The molecule has 8 nitrogen and oxygen atoms in total. The molecule has 0 aliphatic carbocycles. The minimum atomic E-state index is -1.17. The number of hydrogen-bond acceptors (Lipinski definition) is 7. The van der Waals surface area contributed by atoms with E-state index in [0.29, 0.717) is 12.3 Å². The molecule has 1 N–H and O–H groups in total. The van der Waals surface area contributed by atoms with Crippen molar-refractivity contribution in [2.45, 2.75) is 64.2 Å². The molecule has 0 bridgehead atoms. The summed E-state index contributed by atoms with van der Waals surface area (Å²) in [7, 11) is 0. The summed E-state index contributed by atoms with van der Waals surface area (Å²) in [6, 6.07) is 0. The van der Waals surface area contributed by atoms with E-state index in [2.05, 4.69) is 10.5 Å². The Balaban J connectivity index is 1.94. The first-order valence-corrected chi connectivity index (χ1v) is 7.31. The molecule has 0 unspecified atom stereocenters. The maximum atomic E-state index is 11.2. The van der Waals surface area contributed by atoms with E-state index < -0.39 is 23.5 Å². The van der Waals surface area contributed by atoms with Crippen LogP contribution in [0, 0.1) is 0 Å². The first kappa shape index (κ1) is 15.8. The summed E-state index contributed by atoms with van der Waals surface area (Å²) in [5, 5.41) is 4.17. The van der Waals surface area contributed by atoms with Crippen molar-refractivity contribution in [2.24, 2.45) is 5.10 Å². The average Bonchev–Trinajstić information content (AvgIpc) is 2.84. The maximum Gasteiger partial charge on any atom is 0.239 e. The van der Waals surface area contributed by atoms with Crippen LogP contribution in [0.4, 0.5) is 0 Å². The Bertz CT molecular complexity index is 515. The molecule has 0 aromatic heterocycles. The van der Waals surface area contributed by atoms with Gasteiger partial charge in [0.25, 0.3) is 0 Å². The molecule has 3 rings (SSSR count). The number of amides is 1. The molecule has 3 atom stereocenters. The van der Waals surface area contributed by atoms with Gasteiger partial charge in [-0.3, -0.25) is 4.79 Å². The normalized spacial score (nSPS) is 40.9. The number of nitrogens with one attached hydrogen (secondary N) is 1. The SMILES string of the molecule is CC(=O)N/N=C1/[C@@H]2OC(C)(C)O[C@@H]2CO[C@]12COC(C)(C)O2. The van der Waals surface area contributed by atoms with Gasteiger partial charge in [-0.1, -0.05) is 0 Å². The van der Waals surface area contributed by atoms with Crippen LogP contribution in [0.3, 0.4) is 0 Å². The van der Waals surface area contributed by atoms with Crippen LogP contribution in [0.5, 0.6) is 0 Å². The van der Waals surface area contributed by atoms with Crippen LogP contribution in [0.2, 0.25) is 0 Å². The zero-order valence-corrected chi connectivity index (χ0v) is 13.5. The van der Waals surface area contributed by atoms with Crippen LogP contribution in [-0.2, 0) is 28.5 Å². The summed E-state index contributed by atoms with van der Waals surface area (Å²) in [6.07, 6.45) is -0.770. The van der Waals surface area contributed by atoms with Crippen molar-refractivity contribution in [1.29, 1.82) is 0 Å². The lowest BCUT2D eigenvalue weighted by Crippen LogP contribution is -2.59. The Morgan fingerprint density at radius 1 is 1.18 bits per heavy atom. The van der Waals surface area contributed by atoms with Crippen molar-refractivity contribution in [2.75, 3.05) is 13.2 Å². The predicted octanol–water partition coefficient (Wildman–Crippen LogP) is 0.508. The molecule has 0 aromatic rings. The smallest absolute Gasteiger partial charge is 0.239 e. The Labute approximate surface area is 129 Å². The highest BCUT2D eigenvalue weighted by Crippen LogP contribution is 2.42. The second-order valence-electron chi connectivity index (χ2n) is 6.61. The van der Waals surface area contributed by atoms with E-state index in [9.17, 15) is 4.79 Å². The number of carbonyl (C=O) groups excluding carboxylic acids is 1. The van der Waals surface area contributed by atoms with Gasteiger partial charge in [-0.25, -0.2) is 5.43 Å². The van der Waals surface area contributed by atoms with Gasteiger partial charge in [0.05, 0.1) is 6.61 Å². The lowest BCUT2D eigenvalue weighted by molar-refractivity contribution is -0.236. The van der Waals surface area contributed by atoms with Crippen molar-refractivity contribution in [3.8, 4) is 0 Å². The number of carbonyl (C=O) groups is 1. The van der Waals surface area contributed by atoms with Crippen molar-refractivity contribution >= 4 is 11.6 Å². The number of ether oxygens (including phenoxy) is 5. The molecule has 1 spiro atoms. The quantitative estimate of drug-likeness (QED) is 0.710. The maximum absolute atomic E-state index is 11.2. The van der Waals surface area contributed by atoms with E-state index in [4.69, 9.17) is 23.7 Å².